The Kier molecular flexibility index (Phi) is 13.3. The molecule has 0 radical (unpaired) electrons. The maximum absolute atomic E-state index is 13.7. The van der Waals surface area contributed by atoms with Crippen molar-refractivity contribution < 1.29 is 23.4 Å². The fraction of sp³-hybridized carbons (Fsp3) is 0.312. The van der Waals surface area contributed by atoms with Crippen molar-refractivity contribution in [2.45, 2.75) is 19.6 Å². The van der Waals surface area contributed by atoms with Crippen LogP contribution in [0.1, 0.15) is 27.0 Å². The number of nitrogens with two attached hydrogens (primary N) is 1. The Balaban J connectivity index is 1.32. The summed E-state index contributed by atoms with van der Waals surface area (Å²) in [5.74, 6) is 1.31. The smallest absolute Gasteiger partial charge is 0.251 e. The number of carbonyl (C=O) groups is 1. The second-order valence-corrected chi connectivity index (χ2v) is 9.81. The molecule has 0 saturated heterocycles. The second-order valence-electron chi connectivity index (χ2n) is 9.81. The van der Waals surface area contributed by atoms with Crippen molar-refractivity contribution in [3.63, 3.8) is 0 Å². The zero-order valence-corrected chi connectivity index (χ0v) is 25.2. The van der Waals surface area contributed by atoms with Gasteiger partial charge in [0.15, 0.2) is 0 Å². The van der Waals surface area contributed by atoms with Gasteiger partial charge in [0, 0.05) is 38.3 Å². The van der Waals surface area contributed by atoms with E-state index in [1.807, 2.05) is 42.5 Å². The van der Waals surface area contributed by atoms with Crippen molar-refractivity contribution >= 4 is 23.8 Å². The predicted octanol–water partition coefficient (Wildman–Crippen LogP) is 3.58. The van der Waals surface area contributed by atoms with Crippen LogP contribution in [0.25, 0.3) is 0 Å². The molecular formula is C32H39FN8O4. The highest BCUT2D eigenvalue weighted by Gasteiger charge is 2.09. The molecule has 0 aliphatic carbocycles. The van der Waals surface area contributed by atoms with E-state index in [1.165, 1.54) is 12.1 Å². The van der Waals surface area contributed by atoms with Crippen LogP contribution in [0, 0.1) is 5.82 Å². The lowest BCUT2D eigenvalue weighted by Crippen LogP contribution is -2.27. The molecule has 1 aromatic heterocycles. The van der Waals surface area contributed by atoms with Crippen LogP contribution in [-0.2, 0) is 29.1 Å². The van der Waals surface area contributed by atoms with E-state index in [4.69, 9.17) is 19.9 Å². The molecule has 0 bridgehead atoms. The maximum atomic E-state index is 13.7. The topological polar surface area (TPSA) is 158 Å². The van der Waals surface area contributed by atoms with Gasteiger partial charge in [-0.2, -0.15) is 15.0 Å². The Labute approximate surface area is 261 Å². The number of benzene rings is 3. The normalized spacial score (nSPS) is 10.7. The first-order chi connectivity index (χ1) is 22.0. The third-order valence-corrected chi connectivity index (χ3v) is 6.42. The van der Waals surface area contributed by atoms with Gasteiger partial charge in [0.2, 0.25) is 17.8 Å². The Bertz CT molecular complexity index is 1480. The molecule has 0 saturated carbocycles. The van der Waals surface area contributed by atoms with E-state index in [0.29, 0.717) is 82.6 Å². The minimum absolute atomic E-state index is 0.184. The van der Waals surface area contributed by atoms with Gasteiger partial charge in [-0.3, -0.25) is 4.79 Å². The lowest BCUT2D eigenvalue weighted by Gasteiger charge is -2.12. The van der Waals surface area contributed by atoms with E-state index in [-0.39, 0.29) is 11.7 Å². The van der Waals surface area contributed by atoms with Crippen LogP contribution in [0.5, 0.6) is 5.75 Å². The highest BCUT2D eigenvalue weighted by molar-refractivity contribution is 5.94. The number of halogens is 1. The van der Waals surface area contributed by atoms with E-state index >= 15 is 0 Å². The number of hydrogen-bond acceptors (Lipinski definition) is 11. The Morgan fingerprint density at radius 3 is 1.84 bits per heavy atom. The quantitative estimate of drug-likeness (QED) is 0.0979. The van der Waals surface area contributed by atoms with Gasteiger partial charge in [-0.15, -0.1) is 0 Å². The number of amides is 1. The largest absolute Gasteiger partial charge is 0.497 e. The van der Waals surface area contributed by atoms with Crippen molar-refractivity contribution in [3.8, 4) is 5.75 Å². The Morgan fingerprint density at radius 1 is 0.733 bits per heavy atom. The fourth-order valence-corrected chi connectivity index (χ4v) is 4.06. The lowest BCUT2D eigenvalue weighted by atomic mass is 10.1. The molecule has 6 N–H and O–H groups in total. The first-order valence-corrected chi connectivity index (χ1v) is 14.6. The van der Waals surface area contributed by atoms with Crippen molar-refractivity contribution in [2.75, 3.05) is 62.6 Å². The van der Waals surface area contributed by atoms with Crippen LogP contribution in [0.4, 0.5) is 22.2 Å². The van der Waals surface area contributed by atoms with Gasteiger partial charge < -0.3 is 41.2 Å². The Morgan fingerprint density at radius 2 is 1.29 bits per heavy atom. The molecule has 1 amide bonds. The van der Waals surface area contributed by atoms with E-state index in [1.54, 1.807) is 25.3 Å². The highest BCUT2D eigenvalue weighted by atomic mass is 19.1. The second kappa shape index (κ2) is 18.1. The summed E-state index contributed by atoms with van der Waals surface area (Å²) in [5.41, 5.74) is 8.60. The van der Waals surface area contributed by atoms with Crippen LogP contribution in [0.15, 0.2) is 72.8 Å². The maximum Gasteiger partial charge on any atom is 0.251 e. The van der Waals surface area contributed by atoms with Crippen molar-refractivity contribution in [2.24, 2.45) is 5.73 Å². The molecule has 238 valence electrons. The molecule has 4 aromatic rings. The molecule has 4 rings (SSSR count). The van der Waals surface area contributed by atoms with Gasteiger partial charge in [0.1, 0.15) is 11.6 Å². The first-order valence-electron chi connectivity index (χ1n) is 14.6. The summed E-state index contributed by atoms with van der Waals surface area (Å²) in [5, 5.41) is 12.4. The fourth-order valence-electron chi connectivity index (χ4n) is 4.06. The molecule has 0 aliphatic rings. The minimum Gasteiger partial charge on any atom is -0.497 e. The Hall–Kier alpha value is -4.85. The summed E-state index contributed by atoms with van der Waals surface area (Å²) in [6, 6.07) is 21.2. The number of anilines is 3. The molecule has 0 unspecified atom stereocenters. The predicted molar refractivity (Wildman–Crippen MR) is 171 cm³/mol. The number of methoxy groups -OCH3 is 1. The molecule has 0 aliphatic heterocycles. The summed E-state index contributed by atoms with van der Waals surface area (Å²) in [6.07, 6.45) is 0. The molecule has 12 nitrogen and oxygen atoms in total. The molecule has 0 fully saturated rings. The number of rotatable bonds is 19. The van der Waals surface area contributed by atoms with Gasteiger partial charge >= 0.3 is 0 Å². The van der Waals surface area contributed by atoms with Gasteiger partial charge in [0.25, 0.3) is 5.91 Å². The SMILES string of the molecule is COc1ccc(CNc2nc(NCc3ccc(C(=O)NCCOCCOCCN)cc3)nc(NCc3cccc(F)c3)n2)cc1. The number of nitrogens with one attached hydrogen (secondary N) is 4. The third-order valence-electron chi connectivity index (χ3n) is 6.42. The summed E-state index contributed by atoms with van der Waals surface area (Å²) < 4.78 is 29.6. The molecule has 45 heavy (non-hydrogen) atoms. The number of carbonyl (C=O) groups excluding carboxylic acids is 1. The molecule has 1 heterocycles. The van der Waals surface area contributed by atoms with Crippen LogP contribution in [-0.4, -0.2) is 67.5 Å². The number of hydrogen-bond donors (Lipinski definition) is 5. The van der Waals surface area contributed by atoms with E-state index < -0.39 is 0 Å². The zero-order valence-electron chi connectivity index (χ0n) is 25.2. The van der Waals surface area contributed by atoms with Crippen molar-refractivity contribution in [3.05, 3.63) is 101 Å². The van der Waals surface area contributed by atoms with E-state index in [2.05, 4.69) is 36.2 Å². The summed E-state index contributed by atoms with van der Waals surface area (Å²) >= 11 is 0. The monoisotopic (exact) mass is 618 g/mol. The van der Waals surface area contributed by atoms with Gasteiger partial charge in [0.05, 0.1) is 33.5 Å². The molecule has 3 aromatic carbocycles. The van der Waals surface area contributed by atoms with Crippen molar-refractivity contribution in [1.29, 1.82) is 0 Å². The molecule has 0 atom stereocenters. The van der Waals surface area contributed by atoms with Crippen molar-refractivity contribution in [1.82, 2.24) is 20.3 Å². The number of aromatic nitrogens is 3. The third kappa shape index (κ3) is 11.6. The lowest BCUT2D eigenvalue weighted by molar-refractivity contribution is 0.0511. The zero-order chi connectivity index (χ0) is 31.7. The number of ether oxygens (including phenoxy) is 3. The standard InChI is InChI=1S/C32H39FN8O4/c1-43-28-11-7-24(8-12-28)21-37-31-39-30(40-32(41-31)38-22-25-3-2-4-27(33)19-25)36-20-23-5-9-26(10-6-23)29(42)35-14-16-45-18-17-44-15-13-34/h2-12,19H,13-18,20-22,34H2,1H3,(H,35,42)(H3,36,37,38,39,40,41). The molecule has 13 heteroatoms. The van der Waals surface area contributed by atoms with Crippen LogP contribution >= 0.6 is 0 Å². The van der Waals surface area contributed by atoms with Gasteiger partial charge in [-0.1, -0.05) is 36.4 Å². The average molecular weight is 619 g/mol. The van der Waals surface area contributed by atoms with Crippen LogP contribution in [0.2, 0.25) is 0 Å². The summed E-state index contributed by atoms with van der Waals surface area (Å²) in [6.45, 7) is 3.90. The van der Waals surface area contributed by atoms with Crippen LogP contribution < -0.4 is 31.7 Å². The van der Waals surface area contributed by atoms with Gasteiger partial charge in [-0.25, -0.2) is 4.39 Å². The van der Waals surface area contributed by atoms with E-state index in [9.17, 15) is 9.18 Å². The number of nitrogens with zero attached hydrogens (tertiary/aromatic N) is 3. The molecule has 0 spiro atoms. The van der Waals surface area contributed by atoms with E-state index in [0.717, 1.165) is 22.4 Å². The summed E-state index contributed by atoms with van der Waals surface area (Å²) in [7, 11) is 1.62. The van der Waals surface area contributed by atoms with Crippen LogP contribution in [0.3, 0.4) is 0 Å². The summed E-state index contributed by atoms with van der Waals surface area (Å²) in [4.78, 5) is 26.0. The molecular weight excluding hydrogens is 579 g/mol. The first kappa shape index (κ1) is 33.1. The highest BCUT2D eigenvalue weighted by Crippen LogP contribution is 2.16. The minimum atomic E-state index is -0.313. The van der Waals surface area contributed by atoms with Gasteiger partial charge in [-0.05, 0) is 53.1 Å². The average Bonchev–Trinajstić information content (AvgIpc) is 3.07.